The monoisotopic (exact) mass is 246 g/mol. The molecule has 0 spiro atoms. The zero-order valence-electron chi connectivity index (χ0n) is 9.64. The van der Waals surface area contributed by atoms with Gasteiger partial charge in [0.2, 0.25) is 5.95 Å². The smallest absolute Gasteiger partial charge is 0.260 e. The Morgan fingerprint density at radius 3 is 2.83 bits per heavy atom. The fourth-order valence-corrected chi connectivity index (χ4v) is 1.49. The Hall–Kier alpha value is -2.43. The number of rotatable bonds is 2. The first-order valence-electron chi connectivity index (χ1n) is 5.29. The molecule has 92 valence electrons. The molecular formula is C13H11FN2O2. The lowest BCUT2D eigenvalue weighted by Gasteiger charge is -2.07. The van der Waals surface area contributed by atoms with E-state index < -0.39 is 11.9 Å². The van der Waals surface area contributed by atoms with Gasteiger partial charge in [-0.15, -0.1) is 0 Å². The minimum atomic E-state index is -0.814. The van der Waals surface area contributed by atoms with Crippen molar-refractivity contribution < 1.29 is 14.3 Å². The number of halogens is 1. The third-order valence-corrected chi connectivity index (χ3v) is 2.46. The zero-order chi connectivity index (χ0) is 13.1. The Kier molecular flexibility index (Phi) is 3.23. The fraction of sp³-hybridized carbons (Fsp3) is 0.0769. The minimum absolute atomic E-state index is 0.122. The highest BCUT2D eigenvalue weighted by Crippen LogP contribution is 2.20. The summed E-state index contributed by atoms with van der Waals surface area (Å²) >= 11 is 0. The highest BCUT2D eigenvalue weighted by atomic mass is 19.1. The molecule has 5 heteroatoms. The van der Waals surface area contributed by atoms with Crippen molar-refractivity contribution in [2.24, 2.45) is 0 Å². The molecule has 0 atom stereocenters. The normalized spacial score (nSPS) is 10.1. The highest BCUT2D eigenvalue weighted by Gasteiger charge is 2.12. The van der Waals surface area contributed by atoms with Crippen LogP contribution in [0.15, 0.2) is 36.5 Å². The number of anilines is 1. The molecule has 0 saturated heterocycles. The van der Waals surface area contributed by atoms with Gasteiger partial charge >= 0.3 is 0 Å². The summed E-state index contributed by atoms with van der Waals surface area (Å²) < 4.78 is 13.3. The Balaban J connectivity index is 2.22. The first-order valence-corrected chi connectivity index (χ1v) is 5.29. The molecule has 0 bridgehead atoms. The lowest BCUT2D eigenvalue weighted by atomic mass is 10.2. The van der Waals surface area contributed by atoms with E-state index in [1.165, 1.54) is 30.5 Å². The molecule has 2 rings (SSSR count). The van der Waals surface area contributed by atoms with Crippen LogP contribution in [0.4, 0.5) is 10.1 Å². The van der Waals surface area contributed by atoms with Crippen LogP contribution in [0.3, 0.4) is 0 Å². The summed E-state index contributed by atoms with van der Waals surface area (Å²) in [5.41, 5.74) is 0.987. The predicted molar refractivity (Wildman–Crippen MR) is 65.0 cm³/mol. The van der Waals surface area contributed by atoms with Gasteiger partial charge in [-0.2, -0.15) is 4.39 Å². The molecule has 0 saturated carbocycles. The molecule has 1 amide bonds. The highest BCUT2D eigenvalue weighted by molar-refractivity contribution is 6.04. The Labute approximate surface area is 103 Å². The number of hydrogen-bond donors (Lipinski definition) is 2. The van der Waals surface area contributed by atoms with Crippen LogP contribution in [0.5, 0.6) is 5.75 Å². The molecule has 0 radical (unpaired) electrons. The SMILES string of the molecule is Cc1cc(NC(=O)c2cccnc2F)ccc1O. The Morgan fingerprint density at radius 1 is 1.39 bits per heavy atom. The number of benzene rings is 1. The summed E-state index contributed by atoms with van der Waals surface area (Å²) in [6.07, 6.45) is 1.27. The van der Waals surface area contributed by atoms with Gasteiger partial charge in [0, 0.05) is 11.9 Å². The molecule has 2 N–H and O–H groups in total. The van der Waals surface area contributed by atoms with Crippen molar-refractivity contribution in [2.45, 2.75) is 6.92 Å². The number of amides is 1. The number of hydrogen-bond acceptors (Lipinski definition) is 3. The molecule has 0 aliphatic heterocycles. The summed E-state index contributed by atoms with van der Waals surface area (Å²) in [7, 11) is 0. The van der Waals surface area contributed by atoms with E-state index in [9.17, 15) is 14.3 Å². The van der Waals surface area contributed by atoms with E-state index in [-0.39, 0.29) is 11.3 Å². The molecule has 0 aliphatic rings. The number of aromatic hydroxyl groups is 1. The van der Waals surface area contributed by atoms with Crippen LogP contribution < -0.4 is 5.32 Å². The number of carbonyl (C=O) groups excluding carboxylic acids is 1. The van der Waals surface area contributed by atoms with Crippen molar-refractivity contribution in [3.63, 3.8) is 0 Å². The molecule has 0 aliphatic carbocycles. The van der Waals surface area contributed by atoms with Crippen LogP contribution in [0, 0.1) is 12.9 Å². The number of carbonyl (C=O) groups is 1. The van der Waals surface area contributed by atoms with Gasteiger partial charge in [0.25, 0.3) is 5.91 Å². The number of phenolic OH excluding ortho intramolecular Hbond substituents is 1. The maximum absolute atomic E-state index is 13.3. The molecule has 0 fully saturated rings. The van der Waals surface area contributed by atoms with E-state index in [4.69, 9.17) is 0 Å². The number of pyridine rings is 1. The van der Waals surface area contributed by atoms with Crippen molar-refractivity contribution >= 4 is 11.6 Å². The van der Waals surface area contributed by atoms with Gasteiger partial charge in [-0.1, -0.05) is 0 Å². The van der Waals surface area contributed by atoms with Gasteiger partial charge in [0.1, 0.15) is 5.75 Å². The second kappa shape index (κ2) is 4.83. The predicted octanol–water partition coefficient (Wildman–Crippen LogP) is 2.49. The van der Waals surface area contributed by atoms with Crippen LogP contribution in [0.25, 0.3) is 0 Å². The number of nitrogens with one attached hydrogen (secondary N) is 1. The van der Waals surface area contributed by atoms with Crippen molar-refractivity contribution in [1.29, 1.82) is 0 Å². The first-order chi connectivity index (χ1) is 8.58. The molecule has 1 heterocycles. The molecular weight excluding hydrogens is 235 g/mol. The molecule has 2 aromatic rings. The maximum atomic E-state index is 13.3. The van der Waals surface area contributed by atoms with Crippen molar-refractivity contribution in [3.05, 3.63) is 53.6 Å². The third-order valence-electron chi connectivity index (χ3n) is 2.46. The molecule has 4 nitrogen and oxygen atoms in total. The van der Waals surface area contributed by atoms with E-state index >= 15 is 0 Å². The summed E-state index contributed by atoms with van der Waals surface area (Å²) in [6.45, 7) is 1.70. The topological polar surface area (TPSA) is 62.2 Å². The minimum Gasteiger partial charge on any atom is -0.508 e. The zero-order valence-corrected chi connectivity index (χ0v) is 9.64. The average molecular weight is 246 g/mol. The van der Waals surface area contributed by atoms with Crippen LogP contribution in [-0.2, 0) is 0 Å². The second-order valence-electron chi connectivity index (χ2n) is 3.80. The van der Waals surface area contributed by atoms with E-state index in [2.05, 4.69) is 10.3 Å². The van der Waals surface area contributed by atoms with E-state index in [0.717, 1.165) is 0 Å². The van der Waals surface area contributed by atoms with Crippen LogP contribution in [0.1, 0.15) is 15.9 Å². The van der Waals surface area contributed by atoms with Gasteiger partial charge < -0.3 is 10.4 Å². The molecule has 1 aromatic carbocycles. The largest absolute Gasteiger partial charge is 0.508 e. The average Bonchev–Trinajstić information content (AvgIpc) is 2.34. The lowest BCUT2D eigenvalue weighted by molar-refractivity contribution is 0.102. The third kappa shape index (κ3) is 2.45. The first kappa shape index (κ1) is 12.0. The second-order valence-corrected chi connectivity index (χ2v) is 3.80. The van der Waals surface area contributed by atoms with Crippen molar-refractivity contribution in [2.75, 3.05) is 5.32 Å². The number of aromatic nitrogens is 1. The lowest BCUT2D eigenvalue weighted by Crippen LogP contribution is -2.14. The molecule has 18 heavy (non-hydrogen) atoms. The molecule has 1 aromatic heterocycles. The number of nitrogens with zero attached hydrogens (tertiary/aromatic N) is 1. The van der Waals surface area contributed by atoms with Crippen molar-refractivity contribution in [1.82, 2.24) is 4.98 Å². The van der Waals surface area contributed by atoms with Crippen LogP contribution >= 0.6 is 0 Å². The van der Waals surface area contributed by atoms with Gasteiger partial charge in [-0.3, -0.25) is 4.79 Å². The maximum Gasteiger partial charge on any atom is 0.260 e. The summed E-state index contributed by atoms with van der Waals surface area (Å²) in [5.74, 6) is -1.25. The summed E-state index contributed by atoms with van der Waals surface area (Å²) in [6, 6.07) is 7.44. The van der Waals surface area contributed by atoms with Gasteiger partial charge in [-0.25, -0.2) is 4.98 Å². The van der Waals surface area contributed by atoms with Gasteiger partial charge in [-0.05, 0) is 42.8 Å². The summed E-state index contributed by atoms with van der Waals surface area (Å²) in [4.78, 5) is 15.2. The quantitative estimate of drug-likeness (QED) is 0.632. The van der Waals surface area contributed by atoms with E-state index in [0.29, 0.717) is 11.3 Å². The Morgan fingerprint density at radius 2 is 2.17 bits per heavy atom. The number of aryl methyl sites for hydroxylation is 1. The van der Waals surface area contributed by atoms with Crippen molar-refractivity contribution in [3.8, 4) is 5.75 Å². The van der Waals surface area contributed by atoms with E-state index in [1.54, 1.807) is 13.0 Å². The van der Waals surface area contributed by atoms with Gasteiger partial charge in [0.05, 0.1) is 5.56 Å². The molecule has 0 unspecified atom stereocenters. The van der Waals surface area contributed by atoms with Crippen LogP contribution in [0.2, 0.25) is 0 Å². The number of phenols is 1. The fourth-order valence-electron chi connectivity index (χ4n) is 1.49. The Bertz CT molecular complexity index is 599. The standard InChI is InChI=1S/C13H11FN2O2/c1-8-7-9(4-5-11(8)17)16-13(18)10-3-2-6-15-12(10)14/h2-7,17H,1H3,(H,16,18). The van der Waals surface area contributed by atoms with E-state index in [1.807, 2.05) is 0 Å². The van der Waals surface area contributed by atoms with Crippen LogP contribution in [-0.4, -0.2) is 16.0 Å². The summed E-state index contributed by atoms with van der Waals surface area (Å²) in [5, 5.41) is 11.9. The van der Waals surface area contributed by atoms with Gasteiger partial charge in [0.15, 0.2) is 0 Å².